The summed E-state index contributed by atoms with van der Waals surface area (Å²) in [5.41, 5.74) is 0. The first-order chi connectivity index (χ1) is 6.76. The highest BCUT2D eigenvalue weighted by molar-refractivity contribution is 5.81. The first-order valence-electron chi connectivity index (χ1n) is 5.68. The quantitative estimate of drug-likeness (QED) is 0.566. The minimum atomic E-state index is 0.286. The van der Waals surface area contributed by atoms with E-state index in [2.05, 4.69) is 25.7 Å². The molecule has 0 aromatic heterocycles. The summed E-state index contributed by atoms with van der Waals surface area (Å²) in [6, 6.07) is 0. The summed E-state index contributed by atoms with van der Waals surface area (Å²) in [5.74, 6) is 6.46. The van der Waals surface area contributed by atoms with Crippen molar-refractivity contribution in [3.63, 3.8) is 0 Å². The van der Waals surface area contributed by atoms with Gasteiger partial charge in [-0.15, -0.1) is 11.8 Å². The van der Waals surface area contributed by atoms with Crippen molar-refractivity contribution >= 4 is 5.78 Å². The highest BCUT2D eigenvalue weighted by Gasteiger charge is 2.14. The third-order valence-corrected chi connectivity index (χ3v) is 2.53. The van der Waals surface area contributed by atoms with Crippen LogP contribution in [-0.2, 0) is 4.79 Å². The molecular formula is C13H22O. The zero-order valence-electron chi connectivity index (χ0n) is 9.73. The van der Waals surface area contributed by atoms with Crippen LogP contribution < -0.4 is 0 Å². The van der Waals surface area contributed by atoms with E-state index in [0.29, 0.717) is 12.2 Å². The molecule has 0 aliphatic rings. The molecule has 1 unspecified atom stereocenters. The molecule has 0 spiro atoms. The average molecular weight is 194 g/mol. The van der Waals surface area contributed by atoms with Crippen LogP contribution in [0.3, 0.4) is 0 Å². The van der Waals surface area contributed by atoms with Crippen molar-refractivity contribution in [1.82, 2.24) is 0 Å². The lowest BCUT2D eigenvalue weighted by Gasteiger charge is -2.11. The summed E-state index contributed by atoms with van der Waals surface area (Å²) in [5, 5.41) is 0. The standard InChI is InChI=1S/C13H22O/c1-4-7-9-11-13(14)12(6-3)10-8-5-2/h12H,5-6,8-11H2,1-3H3. The van der Waals surface area contributed by atoms with Gasteiger partial charge in [0.1, 0.15) is 5.78 Å². The molecule has 1 nitrogen and oxygen atoms in total. The first kappa shape index (κ1) is 13.2. The van der Waals surface area contributed by atoms with E-state index in [9.17, 15) is 4.79 Å². The van der Waals surface area contributed by atoms with Crippen LogP contribution in [0.2, 0.25) is 0 Å². The maximum absolute atomic E-state index is 11.7. The summed E-state index contributed by atoms with van der Waals surface area (Å²) in [7, 11) is 0. The number of unbranched alkanes of at least 4 members (excludes halogenated alkanes) is 1. The van der Waals surface area contributed by atoms with Gasteiger partial charge in [0.15, 0.2) is 0 Å². The predicted octanol–water partition coefficient (Wildman–Crippen LogP) is 3.58. The Labute approximate surface area is 88.3 Å². The van der Waals surface area contributed by atoms with Gasteiger partial charge in [-0.3, -0.25) is 4.79 Å². The van der Waals surface area contributed by atoms with Crippen LogP contribution in [-0.4, -0.2) is 5.78 Å². The second-order valence-corrected chi connectivity index (χ2v) is 3.64. The molecule has 0 heterocycles. The first-order valence-corrected chi connectivity index (χ1v) is 5.68. The normalized spacial score (nSPS) is 11.6. The molecule has 0 aliphatic heterocycles. The summed E-state index contributed by atoms with van der Waals surface area (Å²) in [4.78, 5) is 11.7. The van der Waals surface area contributed by atoms with E-state index in [1.54, 1.807) is 0 Å². The molecule has 0 aliphatic carbocycles. The van der Waals surface area contributed by atoms with Gasteiger partial charge in [0, 0.05) is 18.8 Å². The fourth-order valence-electron chi connectivity index (χ4n) is 1.56. The van der Waals surface area contributed by atoms with Crippen molar-refractivity contribution in [1.29, 1.82) is 0 Å². The summed E-state index contributed by atoms with van der Waals surface area (Å²) in [6.45, 7) is 6.09. The third-order valence-electron chi connectivity index (χ3n) is 2.53. The van der Waals surface area contributed by atoms with E-state index in [1.165, 1.54) is 12.8 Å². The molecule has 1 heteroatoms. The van der Waals surface area contributed by atoms with Crippen molar-refractivity contribution in [2.75, 3.05) is 0 Å². The zero-order chi connectivity index (χ0) is 10.8. The van der Waals surface area contributed by atoms with Crippen molar-refractivity contribution in [3.8, 4) is 11.8 Å². The van der Waals surface area contributed by atoms with E-state index in [-0.39, 0.29) is 5.92 Å². The molecule has 0 aromatic carbocycles. The van der Waals surface area contributed by atoms with Crippen LogP contribution in [0.25, 0.3) is 0 Å². The second-order valence-electron chi connectivity index (χ2n) is 3.64. The maximum Gasteiger partial charge on any atom is 0.136 e. The second kappa shape index (κ2) is 8.81. The molecule has 0 rings (SSSR count). The van der Waals surface area contributed by atoms with Crippen LogP contribution in [0.15, 0.2) is 0 Å². The average Bonchev–Trinajstić information content (AvgIpc) is 2.19. The minimum absolute atomic E-state index is 0.286. The van der Waals surface area contributed by atoms with Gasteiger partial charge >= 0.3 is 0 Å². The topological polar surface area (TPSA) is 17.1 Å². The Morgan fingerprint density at radius 2 is 2.07 bits per heavy atom. The van der Waals surface area contributed by atoms with Crippen molar-refractivity contribution < 1.29 is 4.79 Å². The fourth-order valence-corrected chi connectivity index (χ4v) is 1.56. The predicted molar refractivity (Wildman–Crippen MR) is 61.0 cm³/mol. The van der Waals surface area contributed by atoms with Gasteiger partial charge < -0.3 is 0 Å². The van der Waals surface area contributed by atoms with Crippen LogP contribution in [0, 0.1) is 17.8 Å². The van der Waals surface area contributed by atoms with Crippen LogP contribution in [0.5, 0.6) is 0 Å². The lowest BCUT2D eigenvalue weighted by atomic mass is 9.92. The molecule has 14 heavy (non-hydrogen) atoms. The van der Waals surface area contributed by atoms with Gasteiger partial charge in [-0.25, -0.2) is 0 Å². The fraction of sp³-hybridized carbons (Fsp3) is 0.769. The lowest BCUT2D eigenvalue weighted by molar-refractivity contribution is -0.123. The Bertz CT molecular complexity index is 207. The van der Waals surface area contributed by atoms with Gasteiger partial charge in [0.25, 0.3) is 0 Å². The Hall–Kier alpha value is -0.770. The van der Waals surface area contributed by atoms with Crippen LogP contribution in [0.1, 0.15) is 59.3 Å². The zero-order valence-corrected chi connectivity index (χ0v) is 9.73. The highest BCUT2D eigenvalue weighted by atomic mass is 16.1. The Balaban J connectivity index is 3.82. The molecular weight excluding hydrogens is 172 g/mol. The third kappa shape index (κ3) is 5.80. The van der Waals surface area contributed by atoms with Gasteiger partial charge in [-0.2, -0.15) is 0 Å². The smallest absolute Gasteiger partial charge is 0.136 e. The van der Waals surface area contributed by atoms with Gasteiger partial charge in [0.2, 0.25) is 0 Å². The molecule has 0 saturated heterocycles. The summed E-state index contributed by atoms with van der Waals surface area (Å²) in [6.07, 6.45) is 5.77. The lowest BCUT2D eigenvalue weighted by Crippen LogP contribution is -2.13. The minimum Gasteiger partial charge on any atom is -0.299 e. The van der Waals surface area contributed by atoms with E-state index in [4.69, 9.17) is 0 Å². The number of carbonyl (C=O) groups excluding carboxylic acids is 1. The van der Waals surface area contributed by atoms with Gasteiger partial charge in [0.05, 0.1) is 0 Å². The Kier molecular flexibility index (Phi) is 8.33. The monoisotopic (exact) mass is 194 g/mol. The van der Waals surface area contributed by atoms with E-state index in [1.807, 2.05) is 6.92 Å². The number of hydrogen-bond acceptors (Lipinski definition) is 1. The number of carbonyl (C=O) groups is 1. The maximum atomic E-state index is 11.7. The number of rotatable bonds is 7. The number of Topliss-reactive ketones (excluding diaryl/α,β-unsaturated/α-hetero) is 1. The van der Waals surface area contributed by atoms with E-state index < -0.39 is 0 Å². The summed E-state index contributed by atoms with van der Waals surface area (Å²) >= 11 is 0. The molecule has 0 radical (unpaired) electrons. The SMILES string of the molecule is CC#CCCC(=O)C(CC)CCCC. The number of hydrogen-bond donors (Lipinski definition) is 0. The number of ketones is 1. The van der Waals surface area contributed by atoms with Crippen molar-refractivity contribution in [2.45, 2.75) is 59.3 Å². The summed E-state index contributed by atoms with van der Waals surface area (Å²) < 4.78 is 0. The van der Waals surface area contributed by atoms with Crippen molar-refractivity contribution in [2.24, 2.45) is 5.92 Å². The van der Waals surface area contributed by atoms with Crippen molar-refractivity contribution in [3.05, 3.63) is 0 Å². The van der Waals surface area contributed by atoms with E-state index in [0.717, 1.165) is 19.3 Å². The van der Waals surface area contributed by atoms with Gasteiger partial charge in [-0.05, 0) is 19.8 Å². The van der Waals surface area contributed by atoms with E-state index >= 15 is 0 Å². The Morgan fingerprint density at radius 3 is 2.57 bits per heavy atom. The highest BCUT2D eigenvalue weighted by Crippen LogP contribution is 2.15. The molecule has 0 aromatic rings. The van der Waals surface area contributed by atoms with Gasteiger partial charge in [-0.1, -0.05) is 26.7 Å². The van der Waals surface area contributed by atoms with Crippen LogP contribution >= 0.6 is 0 Å². The van der Waals surface area contributed by atoms with Crippen LogP contribution in [0.4, 0.5) is 0 Å². The molecule has 0 fully saturated rings. The largest absolute Gasteiger partial charge is 0.299 e. The molecule has 0 amide bonds. The molecule has 1 atom stereocenters. The Morgan fingerprint density at radius 1 is 1.36 bits per heavy atom. The molecule has 0 saturated carbocycles. The molecule has 80 valence electrons. The molecule has 0 N–H and O–H groups in total. The molecule has 0 bridgehead atoms.